The lowest BCUT2D eigenvalue weighted by atomic mass is 10.1. The van der Waals surface area contributed by atoms with Gasteiger partial charge in [-0.3, -0.25) is 4.98 Å². The molecule has 0 radical (unpaired) electrons. The van der Waals surface area contributed by atoms with E-state index in [4.69, 9.17) is 4.74 Å². The van der Waals surface area contributed by atoms with Crippen LogP contribution in [0.1, 0.15) is 21.7 Å². The minimum Gasteiger partial charge on any atom is -0.497 e. The number of carboxylic acid groups (broad SMARTS) is 1. The lowest BCUT2D eigenvalue weighted by Gasteiger charge is -2.23. The zero-order valence-electron chi connectivity index (χ0n) is 12.5. The zero-order chi connectivity index (χ0) is 15.6. The van der Waals surface area contributed by atoms with Gasteiger partial charge in [0.2, 0.25) is 0 Å². The number of carboxylic acids is 1. The molecule has 1 heterocycles. The number of pyridine rings is 1. The van der Waals surface area contributed by atoms with E-state index in [2.05, 4.69) is 4.98 Å². The molecule has 0 unspecified atom stereocenters. The normalized spacial score (nSPS) is 10.3. The summed E-state index contributed by atoms with van der Waals surface area (Å²) >= 11 is 0. The van der Waals surface area contributed by atoms with Gasteiger partial charge in [0.05, 0.1) is 18.5 Å². The molecule has 2 aromatic rings. The number of methoxy groups -OCH3 is 1. The van der Waals surface area contributed by atoms with Gasteiger partial charge in [-0.05, 0) is 32.0 Å². The van der Waals surface area contributed by atoms with Crippen molar-refractivity contribution in [3.05, 3.63) is 47.3 Å². The molecule has 0 aliphatic rings. The number of ether oxygens (including phenoxy) is 1. The van der Waals surface area contributed by atoms with Crippen molar-refractivity contribution in [2.75, 3.05) is 19.1 Å². The second-order valence-electron chi connectivity index (χ2n) is 4.81. The molecule has 0 aliphatic carbocycles. The Labute approximate surface area is 123 Å². The van der Waals surface area contributed by atoms with E-state index < -0.39 is 5.97 Å². The van der Waals surface area contributed by atoms with Crippen LogP contribution >= 0.6 is 0 Å². The van der Waals surface area contributed by atoms with E-state index in [0.717, 1.165) is 17.1 Å². The summed E-state index contributed by atoms with van der Waals surface area (Å²) in [6.45, 7) is 3.56. The lowest BCUT2D eigenvalue weighted by Crippen LogP contribution is -2.16. The summed E-state index contributed by atoms with van der Waals surface area (Å²) in [5.74, 6) is -0.261. The zero-order valence-corrected chi connectivity index (χ0v) is 12.5. The van der Waals surface area contributed by atoms with Crippen molar-refractivity contribution in [1.29, 1.82) is 0 Å². The molecule has 0 amide bonds. The molecule has 1 aromatic carbocycles. The fraction of sp³-hybridized carbons (Fsp3) is 0.250. The predicted molar refractivity (Wildman–Crippen MR) is 81.7 cm³/mol. The largest absolute Gasteiger partial charge is 0.497 e. The number of aromatic carboxylic acids is 1. The van der Waals surface area contributed by atoms with Gasteiger partial charge in [-0.25, -0.2) is 4.79 Å². The molecular weight excluding hydrogens is 268 g/mol. The monoisotopic (exact) mass is 286 g/mol. The molecule has 5 nitrogen and oxygen atoms in total. The van der Waals surface area contributed by atoms with Crippen molar-refractivity contribution in [3.63, 3.8) is 0 Å². The topological polar surface area (TPSA) is 62.7 Å². The molecule has 110 valence electrons. The highest BCUT2D eigenvalue weighted by molar-refractivity contribution is 5.96. The summed E-state index contributed by atoms with van der Waals surface area (Å²) in [4.78, 5) is 17.6. The first-order chi connectivity index (χ1) is 9.93. The van der Waals surface area contributed by atoms with Crippen LogP contribution in [-0.2, 0) is 0 Å². The average molecular weight is 286 g/mol. The van der Waals surface area contributed by atoms with Crippen LogP contribution in [-0.4, -0.2) is 30.2 Å². The molecule has 0 saturated carbocycles. The van der Waals surface area contributed by atoms with E-state index in [-0.39, 0.29) is 5.56 Å². The number of hydrogen-bond donors (Lipinski definition) is 1. The maximum atomic E-state index is 11.5. The number of aryl methyl sites for hydroxylation is 2. The number of hydrogen-bond acceptors (Lipinski definition) is 4. The highest BCUT2D eigenvalue weighted by atomic mass is 16.5. The molecule has 0 spiro atoms. The highest BCUT2D eigenvalue weighted by Gasteiger charge is 2.19. The van der Waals surface area contributed by atoms with Gasteiger partial charge < -0.3 is 14.7 Å². The van der Waals surface area contributed by atoms with Gasteiger partial charge in [-0.1, -0.05) is 6.07 Å². The second-order valence-corrected chi connectivity index (χ2v) is 4.81. The Balaban J connectivity index is 2.56. The fourth-order valence-corrected chi connectivity index (χ4v) is 2.30. The van der Waals surface area contributed by atoms with E-state index in [9.17, 15) is 9.90 Å². The summed E-state index contributed by atoms with van der Waals surface area (Å²) in [7, 11) is 3.43. The van der Waals surface area contributed by atoms with Crippen LogP contribution in [0.5, 0.6) is 5.75 Å². The highest BCUT2D eigenvalue weighted by Crippen LogP contribution is 2.31. The van der Waals surface area contributed by atoms with E-state index in [0.29, 0.717) is 11.4 Å². The summed E-state index contributed by atoms with van der Waals surface area (Å²) in [5.41, 5.74) is 2.96. The Morgan fingerprint density at radius 1 is 1.29 bits per heavy atom. The first-order valence-electron chi connectivity index (χ1n) is 6.53. The van der Waals surface area contributed by atoms with Crippen LogP contribution in [0, 0.1) is 13.8 Å². The molecular formula is C16H18N2O3. The Morgan fingerprint density at radius 2 is 2.00 bits per heavy atom. The number of nitrogens with zero attached hydrogens (tertiary/aromatic N) is 2. The van der Waals surface area contributed by atoms with Crippen molar-refractivity contribution in [1.82, 2.24) is 4.98 Å². The second kappa shape index (κ2) is 5.83. The molecule has 1 N–H and O–H groups in total. The number of aromatic nitrogens is 1. The van der Waals surface area contributed by atoms with E-state index in [1.54, 1.807) is 20.1 Å². The van der Waals surface area contributed by atoms with Gasteiger partial charge in [-0.15, -0.1) is 0 Å². The molecule has 0 saturated heterocycles. The minimum atomic E-state index is -0.982. The Kier molecular flexibility index (Phi) is 4.12. The van der Waals surface area contributed by atoms with Gasteiger partial charge in [0.1, 0.15) is 11.3 Å². The third-order valence-corrected chi connectivity index (χ3v) is 3.32. The van der Waals surface area contributed by atoms with Crippen LogP contribution in [0.3, 0.4) is 0 Å². The third kappa shape index (κ3) is 2.97. The molecule has 21 heavy (non-hydrogen) atoms. The molecule has 0 fully saturated rings. The quantitative estimate of drug-likeness (QED) is 0.935. The van der Waals surface area contributed by atoms with Gasteiger partial charge in [0, 0.05) is 24.5 Å². The third-order valence-electron chi connectivity index (χ3n) is 3.32. The van der Waals surface area contributed by atoms with Gasteiger partial charge in [-0.2, -0.15) is 0 Å². The maximum Gasteiger partial charge on any atom is 0.339 e. The van der Waals surface area contributed by atoms with E-state index >= 15 is 0 Å². The fourth-order valence-electron chi connectivity index (χ4n) is 2.30. The van der Waals surface area contributed by atoms with Crippen molar-refractivity contribution < 1.29 is 14.6 Å². The van der Waals surface area contributed by atoms with Gasteiger partial charge in [0.15, 0.2) is 0 Å². The van der Waals surface area contributed by atoms with Crippen molar-refractivity contribution in [3.8, 4) is 5.75 Å². The van der Waals surface area contributed by atoms with Crippen molar-refractivity contribution in [2.24, 2.45) is 0 Å². The molecule has 0 aliphatic heterocycles. The van der Waals surface area contributed by atoms with Crippen molar-refractivity contribution in [2.45, 2.75) is 13.8 Å². The summed E-state index contributed by atoms with van der Waals surface area (Å²) < 4.78 is 5.21. The van der Waals surface area contributed by atoms with Gasteiger partial charge >= 0.3 is 5.97 Å². The Morgan fingerprint density at radius 3 is 2.62 bits per heavy atom. The lowest BCUT2D eigenvalue weighted by molar-refractivity contribution is 0.0696. The smallest absolute Gasteiger partial charge is 0.339 e. The first-order valence-corrected chi connectivity index (χ1v) is 6.53. The SMILES string of the molecule is COc1cccc(N(C)c2cc(C)nc(C)c2C(=O)O)c1. The molecule has 0 atom stereocenters. The maximum absolute atomic E-state index is 11.5. The Bertz CT molecular complexity index is 683. The van der Waals surface area contributed by atoms with Crippen LogP contribution in [0.15, 0.2) is 30.3 Å². The van der Waals surface area contributed by atoms with Crippen LogP contribution in [0.25, 0.3) is 0 Å². The van der Waals surface area contributed by atoms with Crippen LogP contribution in [0.4, 0.5) is 11.4 Å². The first kappa shape index (κ1) is 14.8. The minimum absolute atomic E-state index is 0.214. The van der Waals surface area contributed by atoms with E-state index in [1.165, 1.54) is 0 Å². The summed E-state index contributed by atoms with van der Waals surface area (Å²) in [5, 5.41) is 9.44. The molecule has 1 aromatic heterocycles. The Hall–Kier alpha value is -2.56. The van der Waals surface area contributed by atoms with Crippen LogP contribution in [0.2, 0.25) is 0 Å². The summed E-state index contributed by atoms with van der Waals surface area (Å²) in [6.07, 6.45) is 0. The number of anilines is 2. The van der Waals surface area contributed by atoms with Crippen LogP contribution < -0.4 is 9.64 Å². The number of carbonyl (C=O) groups is 1. The molecule has 2 rings (SSSR count). The van der Waals surface area contributed by atoms with E-state index in [1.807, 2.05) is 43.1 Å². The standard InChI is InChI=1S/C16H18N2O3/c1-10-8-14(15(16(19)20)11(2)17-10)18(3)12-6-5-7-13(9-12)21-4/h5-9H,1-4H3,(H,19,20). The predicted octanol–water partition coefficient (Wildman–Crippen LogP) is 3.17. The number of rotatable bonds is 4. The summed E-state index contributed by atoms with van der Waals surface area (Å²) in [6, 6.07) is 9.25. The molecule has 0 bridgehead atoms. The number of benzene rings is 1. The average Bonchev–Trinajstić information content (AvgIpc) is 2.45. The van der Waals surface area contributed by atoms with Gasteiger partial charge in [0.25, 0.3) is 0 Å². The molecule has 5 heteroatoms. The van der Waals surface area contributed by atoms with Crippen molar-refractivity contribution >= 4 is 17.3 Å².